The van der Waals surface area contributed by atoms with E-state index in [1.54, 1.807) is 6.33 Å². The van der Waals surface area contributed by atoms with Gasteiger partial charge in [0.2, 0.25) is 5.91 Å². The van der Waals surface area contributed by atoms with E-state index in [2.05, 4.69) is 20.1 Å². The zero-order chi connectivity index (χ0) is 15.4. The van der Waals surface area contributed by atoms with Gasteiger partial charge in [-0.2, -0.15) is 5.10 Å². The fourth-order valence-electron chi connectivity index (χ4n) is 3.00. The summed E-state index contributed by atoms with van der Waals surface area (Å²) in [7, 11) is 0. The van der Waals surface area contributed by atoms with E-state index >= 15 is 0 Å². The SMILES string of the molecule is O=C(C1CC1)N1C[C](n2cc(-c3ncnc4[nH]ccc34)cn2)C1. The molecule has 0 atom stereocenters. The number of carbonyl (C=O) groups excluding carboxylic acids is 1. The number of nitrogens with zero attached hydrogens (tertiary/aromatic N) is 5. The second kappa shape index (κ2) is 4.65. The van der Waals surface area contributed by atoms with Crippen LogP contribution in [0.5, 0.6) is 0 Å². The van der Waals surface area contributed by atoms with Crippen LogP contribution in [0.2, 0.25) is 0 Å². The molecule has 0 unspecified atom stereocenters. The third kappa shape index (κ3) is 2.03. The maximum Gasteiger partial charge on any atom is 0.225 e. The Morgan fingerprint density at radius 3 is 2.96 bits per heavy atom. The van der Waals surface area contributed by atoms with Gasteiger partial charge in [-0.25, -0.2) is 9.97 Å². The van der Waals surface area contributed by atoms with Crippen molar-refractivity contribution in [2.45, 2.75) is 12.8 Å². The Morgan fingerprint density at radius 2 is 2.13 bits per heavy atom. The van der Waals surface area contributed by atoms with Crippen molar-refractivity contribution in [2.75, 3.05) is 13.1 Å². The molecule has 1 amide bonds. The molecule has 4 heterocycles. The molecule has 1 aliphatic heterocycles. The molecule has 5 rings (SSSR count). The smallest absolute Gasteiger partial charge is 0.225 e. The number of aromatic amines is 1. The summed E-state index contributed by atoms with van der Waals surface area (Å²) >= 11 is 0. The minimum atomic E-state index is 0.285. The van der Waals surface area contributed by atoms with Crippen LogP contribution in [0.15, 0.2) is 31.0 Å². The molecule has 2 aliphatic rings. The molecule has 1 radical (unpaired) electrons. The van der Waals surface area contributed by atoms with Gasteiger partial charge in [0.1, 0.15) is 18.0 Å². The van der Waals surface area contributed by atoms with Gasteiger partial charge in [0.25, 0.3) is 0 Å². The van der Waals surface area contributed by atoms with Crippen LogP contribution >= 0.6 is 0 Å². The molecule has 23 heavy (non-hydrogen) atoms. The summed E-state index contributed by atoms with van der Waals surface area (Å²) in [5.74, 6) is 0.582. The van der Waals surface area contributed by atoms with Crippen molar-refractivity contribution in [1.82, 2.24) is 29.6 Å². The first kappa shape index (κ1) is 12.8. The van der Waals surface area contributed by atoms with E-state index in [9.17, 15) is 4.79 Å². The Balaban J connectivity index is 1.37. The fraction of sp³-hybridized carbons (Fsp3) is 0.312. The number of rotatable bonds is 3. The molecule has 7 heteroatoms. The van der Waals surface area contributed by atoms with E-state index in [1.165, 1.54) is 0 Å². The molecule has 1 aliphatic carbocycles. The molecule has 0 aromatic carbocycles. The average molecular weight is 307 g/mol. The molecule has 2 fully saturated rings. The van der Waals surface area contributed by atoms with Crippen LogP contribution in [0.3, 0.4) is 0 Å². The molecule has 1 saturated carbocycles. The number of nitrogens with one attached hydrogen (secondary N) is 1. The largest absolute Gasteiger partial charge is 0.346 e. The first-order valence-electron chi connectivity index (χ1n) is 7.76. The van der Waals surface area contributed by atoms with Crippen LogP contribution in [0.4, 0.5) is 0 Å². The van der Waals surface area contributed by atoms with Crippen LogP contribution in [-0.2, 0) is 4.79 Å². The summed E-state index contributed by atoms with van der Waals surface area (Å²) in [6.07, 6.45) is 9.30. The number of aromatic nitrogens is 5. The quantitative estimate of drug-likeness (QED) is 0.794. The number of fused-ring (bicyclic) bond motifs is 1. The third-order valence-corrected chi connectivity index (χ3v) is 4.52. The standard InChI is InChI=1S/C16H15N6O/c23-16(10-1-2-10)21-7-12(8-21)22-6-11(5-20-22)14-13-3-4-17-15(13)19-9-18-14/h3-6,9-10H,1-2,7-8H2,(H,17,18,19). The third-order valence-electron chi connectivity index (χ3n) is 4.52. The molecule has 0 spiro atoms. The highest BCUT2D eigenvalue weighted by molar-refractivity contribution is 5.90. The topological polar surface area (TPSA) is 79.7 Å². The predicted octanol–water partition coefficient (Wildman–Crippen LogP) is 1.45. The lowest BCUT2D eigenvalue weighted by Gasteiger charge is -2.38. The molecule has 115 valence electrons. The highest BCUT2D eigenvalue weighted by atomic mass is 16.2. The van der Waals surface area contributed by atoms with Crippen LogP contribution in [-0.4, -0.2) is 48.6 Å². The van der Waals surface area contributed by atoms with Crippen LogP contribution in [0, 0.1) is 12.0 Å². The van der Waals surface area contributed by atoms with Crippen molar-refractivity contribution in [1.29, 1.82) is 0 Å². The van der Waals surface area contributed by atoms with Crippen molar-refractivity contribution in [3.05, 3.63) is 37.0 Å². The molecule has 3 aromatic heterocycles. The summed E-state index contributed by atoms with van der Waals surface area (Å²) in [4.78, 5) is 25.6. The highest BCUT2D eigenvalue weighted by Crippen LogP contribution is 2.34. The normalized spacial score (nSPS) is 18.3. The molecule has 1 saturated heterocycles. The second-order valence-corrected chi connectivity index (χ2v) is 6.17. The van der Waals surface area contributed by atoms with Gasteiger partial charge in [-0.15, -0.1) is 0 Å². The summed E-state index contributed by atoms with van der Waals surface area (Å²) in [6.45, 7) is 1.36. The molecule has 3 aromatic rings. The van der Waals surface area contributed by atoms with Gasteiger partial charge in [-0.3, -0.25) is 9.48 Å². The number of likely N-dealkylation sites (tertiary alicyclic amines) is 1. The van der Waals surface area contributed by atoms with Gasteiger partial charge in [0.05, 0.1) is 25.0 Å². The van der Waals surface area contributed by atoms with Crippen molar-refractivity contribution >= 4 is 16.9 Å². The van der Waals surface area contributed by atoms with Crippen LogP contribution in [0.1, 0.15) is 12.8 Å². The van der Waals surface area contributed by atoms with Gasteiger partial charge in [0.15, 0.2) is 0 Å². The highest BCUT2D eigenvalue weighted by Gasteiger charge is 2.40. The van der Waals surface area contributed by atoms with E-state index in [0.717, 1.165) is 41.2 Å². The zero-order valence-corrected chi connectivity index (χ0v) is 12.4. The van der Waals surface area contributed by atoms with Crippen LogP contribution < -0.4 is 0 Å². The van der Waals surface area contributed by atoms with Gasteiger partial charge in [0, 0.05) is 29.3 Å². The first-order chi connectivity index (χ1) is 11.3. The lowest BCUT2D eigenvalue weighted by molar-refractivity contribution is -0.135. The Kier molecular flexibility index (Phi) is 2.59. The summed E-state index contributed by atoms with van der Waals surface area (Å²) in [5.41, 5.74) is 2.64. The maximum absolute atomic E-state index is 12.0. The number of carbonyl (C=O) groups is 1. The van der Waals surface area contributed by atoms with Crippen molar-refractivity contribution in [3.63, 3.8) is 0 Å². The number of hydrogen-bond donors (Lipinski definition) is 1. The molecular formula is C16H15N6O. The van der Waals surface area contributed by atoms with Gasteiger partial charge < -0.3 is 9.88 Å². The lowest BCUT2D eigenvalue weighted by atomic mass is 10.1. The number of H-pyrrole nitrogens is 1. The Morgan fingerprint density at radius 1 is 1.26 bits per heavy atom. The van der Waals surface area contributed by atoms with Gasteiger partial charge >= 0.3 is 0 Å². The van der Waals surface area contributed by atoms with E-state index in [0.29, 0.717) is 19.0 Å². The minimum Gasteiger partial charge on any atom is -0.346 e. The number of hydrogen-bond acceptors (Lipinski definition) is 4. The van der Waals surface area contributed by atoms with E-state index in [4.69, 9.17) is 0 Å². The van der Waals surface area contributed by atoms with Crippen molar-refractivity contribution < 1.29 is 4.79 Å². The first-order valence-corrected chi connectivity index (χ1v) is 7.76. The van der Waals surface area contributed by atoms with Crippen LogP contribution in [0.25, 0.3) is 22.3 Å². The number of amides is 1. The molecule has 7 nitrogen and oxygen atoms in total. The Labute approximate surface area is 132 Å². The van der Waals surface area contributed by atoms with E-state index < -0.39 is 0 Å². The summed E-state index contributed by atoms with van der Waals surface area (Å²) in [5, 5.41) is 5.41. The molecular weight excluding hydrogens is 292 g/mol. The fourth-order valence-corrected chi connectivity index (χ4v) is 3.00. The molecule has 1 N–H and O–H groups in total. The molecule has 0 bridgehead atoms. The monoisotopic (exact) mass is 307 g/mol. The average Bonchev–Trinajstić information content (AvgIpc) is 3.06. The Bertz CT molecular complexity index is 887. The van der Waals surface area contributed by atoms with E-state index in [1.807, 2.05) is 34.2 Å². The lowest BCUT2D eigenvalue weighted by Crippen LogP contribution is -2.52. The van der Waals surface area contributed by atoms with Crippen molar-refractivity contribution in [2.24, 2.45) is 5.92 Å². The van der Waals surface area contributed by atoms with E-state index in [-0.39, 0.29) is 5.92 Å². The summed E-state index contributed by atoms with van der Waals surface area (Å²) in [6, 6.07) is 3.11. The zero-order valence-electron chi connectivity index (χ0n) is 12.4. The predicted molar refractivity (Wildman–Crippen MR) is 83.1 cm³/mol. The van der Waals surface area contributed by atoms with Gasteiger partial charge in [-0.1, -0.05) is 0 Å². The van der Waals surface area contributed by atoms with Crippen molar-refractivity contribution in [3.8, 4) is 11.3 Å². The minimum absolute atomic E-state index is 0.285. The summed E-state index contributed by atoms with van der Waals surface area (Å²) < 4.78 is 1.87. The van der Waals surface area contributed by atoms with Gasteiger partial charge in [-0.05, 0) is 18.9 Å². The maximum atomic E-state index is 12.0. The second-order valence-electron chi connectivity index (χ2n) is 6.17. The Hall–Kier alpha value is -2.70.